The van der Waals surface area contributed by atoms with Gasteiger partial charge in [0.25, 0.3) is 0 Å². The zero-order valence-electron chi connectivity index (χ0n) is 9.11. The van der Waals surface area contributed by atoms with E-state index in [1.807, 2.05) is 18.5 Å². The monoisotopic (exact) mass is 206 g/mol. The highest BCUT2D eigenvalue weighted by molar-refractivity contribution is 5.76. The van der Waals surface area contributed by atoms with Crippen LogP contribution in [0.15, 0.2) is 18.5 Å². The van der Waals surface area contributed by atoms with Gasteiger partial charge in [-0.15, -0.1) is 0 Å². The molecule has 15 heavy (non-hydrogen) atoms. The molecular weight excluding hydrogens is 188 g/mol. The van der Waals surface area contributed by atoms with Gasteiger partial charge in [-0.3, -0.25) is 10.1 Å². The molecule has 1 aromatic rings. The molecule has 0 atom stereocenters. The highest BCUT2D eigenvalue weighted by Crippen LogP contribution is 2.27. The number of hydrogen-bond acceptors (Lipinski definition) is 2. The molecular formula is C11H18N4. The number of hydrogen-bond donors (Lipinski definition) is 2. The zero-order chi connectivity index (χ0) is 10.7. The molecule has 1 aromatic heterocycles. The lowest BCUT2D eigenvalue weighted by Crippen LogP contribution is -2.36. The van der Waals surface area contributed by atoms with E-state index < -0.39 is 0 Å². The van der Waals surface area contributed by atoms with Crippen LogP contribution in [0.5, 0.6) is 0 Å². The Labute approximate surface area is 90.2 Å². The fraction of sp³-hybridized carbons (Fsp3) is 0.636. The number of nitrogens with zero attached hydrogens (tertiary/aromatic N) is 2. The minimum absolute atomic E-state index is 0.495. The minimum Gasteiger partial charge on any atom is -0.372 e. The van der Waals surface area contributed by atoms with Crippen molar-refractivity contribution in [2.45, 2.75) is 44.7 Å². The summed E-state index contributed by atoms with van der Waals surface area (Å²) in [6, 6.07) is 3.03. The van der Waals surface area contributed by atoms with Crippen LogP contribution in [0.1, 0.15) is 38.6 Å². The van der Waals surface area contributed by atoms with Crippen LogP contribution in [-0.2, 0) is 0 Å². The summed E-state index contributed by atoms with van der Waals surface area (Å²) in [7, 11) is 0. The molecule has 0 unspecified atom stereocenters. The third-order valence-electron chi connectivity index (χ3n) is 3.02. The Kier molecular flexibility index (Phi) is 3.04. The first kappa shape index (κ1) is 10.2. The lowest BCUT2D eigenvalue weighted by molar-refractivity contribution is 0.292. The molecule has 1 aliphatic carbocycles. The SMILES string of the molecule is CC(=N)N[C@H]1CC[C@H](n2cccn2)CC1. The van der Waals surface area contributed by atoms with Crippen LogP contribution < -0.4 is 5.32 Å². The molecule has 0 bridgehead atoms. The Morgan fingerprint density at radius 2 is 2.13 bits per heavy atom. The maximum absolute atomic E-state index is 7.39. The van der Waals surface area contributed by atoms with Crippen molar-refractivity contribution < 1.29 is 0 Å². The van der Waals surface area contributed by atoms with Crippen LogP contribution in [0.2, 0.25) is 0 Å². The lowest BCUT2D eigenvalue weighted by Gasteiger charge is -2.29. The number of amidine groups is 1. The van der Waals surface area contributed by atoms with Gasteiger partial charge >= 0.3 is 0 Å². The van der Waals surface area contributed by atoms with Crippen molar-refractivity contribution in [1.29, 1.82) is 5.41 Å². The number of nitrogens with one attached hydrogen (secondary N) is 2. The van der Waals surface area contributed by atoms with Crippen LogP contribution in [0.25, 0.3) is 0 Å². The summed E-state index contributed by atoms with van der Waals surface area (Å²) in [4.78, 5) is 0. The van der Waals surface area contributed by atoms with Gasteiger partial charge in [0.05, 0.1) is 11.9 Å². The summed E-state index contributed by atoms with van der Waals surface area (Å²) < 4.78 is 2.06. The molecule has 0 spiro atoms. The second kappa shape index (κ2) is 4.47. The highest BCUT2D eigenvalue weighted by atomic mass is 15.3. The zero-order valence-corrected chi connectivity index (χ0v) is 9.11. The normalized spacial score (nSPS) is 26.2. The first-order valence-corrected chi connectivity index (χ1v) is 5.56. The number of rotatable bonds is 2. The molecule has 0 saturated heterocycles. The van der Waals surface area contributed by atoms with Gasteiger partial charge in [0.15, 0.2) is 0 Å². The van der Waals surface area contributed by atoms with Gasteiger partial charge in [0.2, 0.25) is 0 Å². The molecule has 4 heteroatoms. The molecule has 1 aliphatic rings. The predicted octanol–water partition coefficient (Wildman–Crippen LogP) is 1.95. The Morgan fingerprint density at radius 3 is 2.67 bits per heavy atom. The molecule has 2 N–H and O–H groups in total. The second-order valence-corrected chi connectivity index (χ2v) is 4.26. The van der Waals surface area contributed by atoms with Crippen molar-refractivity contribution in [2.24, 2.45) is 0 Å². The van der Waals surface area contributed by atoms with Crippen molar-refractivity contribution in [3.8, 4) is 0 Å². The smallest absolute Gasteiger partial charge is 0.0901 e. The van der Waals surface area contributed by atoms with Gasteiger partial charge in [0.1, 0.15) is 0 Å². The molecule has 0 aliphatic heterocycles. The Balaban J connectivity index is 1.84. The van der Waals surface area contributed by atoms with E-state index in [-0.39, 0.29) is 0 Å². The molecule has 1 saturated carbocycles. The van der Waals surface area contributed by atoms with Gasteiger partial charge in [-0.1, -0.05) is 0 Å². The maximum atomic E-state index is 7.39. The first-order valence-electron chi connectivity index (χ1n) is 5.56. The molecule has 4 nitrogen and oxygen atoms in total. The Morgan fingerprint density at radius 1 is 1.40 bits per heavy atom. The van der Waals surface area contributed by atoms with Gasteiger partial charge in [0, 0.05) is 18.4 Å². The minimum atomic E-state index is 0.495. The van der Waals surface area contributed by atoms with Crippen molar-refractivity contribution in [1.82, 2.24) is 15.1 Å². The van der Waals surface area contributed by atoms with E-state index in [0.29, 0.717) is 17.9 Å². The molecule has 1 fully saturated rings. The van der Waals surface area contributed by atoms with Crippen LogP contribution in [-0.4, -0.2) is 21.7 Å². The molecule has 0 amide bonds. The van der Waals surface area contributed by atoms with Crippen LogP contribution in [0.3, 0.4) is 0 Å². The van der Waals surface area contributed by atoms with Crippen molar-refractivity contribution >= 4 is 5.84 Å². The summed E-state index contributed by atoms with van der Waals surface area (Å²) in [5.41, 5.74) is 0. The summed E-state index contributed by atoms with van der Waals surface area (Å²) >= 11 is 0. The van der Waals surface area contributed by atoms with E-state index in [0.717, 1.165) is 25.7 Å². The molecule has 82 valence electrons. The molecule has 0 aromatic carbocycles. The lowest BCUT2D eigenvalue weighted by atomic mass is 9.91. The van der Waals surface area contributed by atoms with Crippen LogP contribution in [0.4, 0.5) is 0 Å². The van der Waals surface area contributed by atoms with Crippen molar-refractivity contribution in [3.63, 3.8) is 0 Å². The average molecular weight is 206 g/mol. The highest BCUT2D eigenvalue weighted by Gasteiger charge is 2.22. The van der Waals surface area contributed by atoms with E-state index in [1.54, 1.807) is 6.92 Å². The predicted molar refractivity (Wildman–Crippen MR) is 60.1 cm³/mol. The molecule has 2 rings (SSSR count). The van der Waals surface area contributed by atoms with Gasteiger partial charge in [-0.05, 0) is 38.7 Å². The summed E-state index contributed by atoms with van der Waals surface area (Å²) in [6.07, 6.45) is 8.48. The van der Waals surface area contributed by atoms with E-state index in [1.165, 1.54) is 0 Å². The average Bonchev–Trinajstić information content (AvgIpc) is 2.71. The van der Waals surface area contributed by atoms with Crippen molar-refractivity contribution in [2.75, 3.05) is 0 Å². The Hall–Kier alpha value is -1.32. The van der Waals surface area contributed by atoms with Gasteiger partial charge in [-0.25, -0.2) is 0 Å². The van der Waals surface area contributed by atoms with E-state index in [2.05, 4.69) is 15.1 Å². The van der Waals surface area contributed by atoms with Crippen LogP contribution >= 0.6 is 0 Å². The largest absolute Gasteiger partial charge is 0.372 e. The third kappa shape index (κ3) is 2.58. The van der Waals surface area contributed by atoms with Gasteiger partial charge in [-0.2, -0.15) is 5.10 Å². The topological polar surface area (TPSA) is 53.7 Å². The van der Waals surface area contributed by atoms with Gasteiger partial charge < -0.3 is 5.32 Å². The fourth-order valence-electron chi connectivity index (χ4n) is 2.29. The standard InChI is InChI=1S/C11H18N4/c1-9(12)14-10-3-5-11(6-4-10)15-8-2-7-13-15/h2,7-8,10-11H,3-6H2,1H3,(H2,12,14)/t10-,11-. The summed E-state index contributed by atoms with van der Waals surface area (Å²) in [6.45, 7) is 1.81. The van der Waals surface area contributed by atoms with Crippen LogP contribution in [0, 0.1) is 5.41 Å². The Bertz CT molecular complexity index is 309. The summed E-state index contributed by atoms with van der Waals surface area (Å²) in [5, 5.41) is 14.9. The quantitative estimate of drug-likeness (QED) is 0.574. The summed E-state index contributed by atoms with van der Waals surface area (Å²) in [5.74, 6) is 0.581. The first-order chi connectivity index (χ1) is 7.25. The maximum Gasteiger partial charge on any atom is 0.0901 e. The van der Waals surface area contributed by atoms with E-state index >= 15 is 0 Å². The molecule has 0 radical (unpaired) electrons. The fourth-order valence-corrected chi connectivity index (χ4v) is 2.29. The second-order valence-electron chi connectivity index (χ2n) is 4.26. The van der Waals surface area contributed by atoms with E-state index in [9.17, 15) is 0 Å². The number of aromatic nitrogens is 2. The van der Waals surface area contributed by atoms with Crippen molar-refractivity contribution in [3.05, 3.63) is 18.5 Å². The molecule has 1 heterocycles. The third-order valence-corrected chi connectivity index (χ3v) is 3.02. The van der Waals surface area contributed by atoms with E-state index in [4.69, 9.17) is 5.41 Å².